The third kappa shape index (κ3) is 22.4. The van der Waals surface area contributed by atoms with E-state index in [4.69, 9.17) is 18.9 Å². The molecular formula is C99H108O12. The first-order valence-electron chi connectivity index (χ1n) is 36.6. The summed E-state index contributed by atoms with van der Waals surface area (Å²) in [6.07, 6.45) is 31.1. The van der Waals surface area contributed by atoms with Gasteiger partial charge in [0.05, 0.1) is 28.4 Å². The lowest BCUT2D eigenvalue weighted by atomic mass is 9.93. The molecule has 0 aliphatic heterocycles. The van der Waals surface area contributed by atoms with Gasteiger partial charge in [-0.15, -0.1) is 39.5 Å². The van der Waals surface area contributed by atoms with Crippen LogP contribution in [0, 0.1) is 34.6 Å². The number of ether oxygens (including phenoxy) is 4. The van der Waals surface area contributed by atoms with Gasteiger partial charge in [0, 0.05) is 50.1 Å². The molecule has 0 fully saturated rings. The number of hydrogen-bond donors (Lipinski definition) is 8. The first-order valence-corrected chi connectivity index (χ1v) is 36.6. The van der Waals surface area contributed by atoms with E-state index in [0.717, 1.165) is 92.4 Å². The predicted molar refractivity (Wildman–Crippen MR) is 465 cm³/mol. The summed E-state index contributed by atoms with van der Waals surface area (Å²) in [5.74, 6) is 2.06. The molecule has 0 atom stereocenters. The van der Waals surface area contributed by atoms with Gasteiger partial charge in [-0.1, -0.05) is 140 Å². The molecule has 0 bridgehead atoms. The molecule has 0 aliphatic carbocycles. The Morgan fingerprint density at radius 3 is 1.30 bits per heavy atom. The van der Waals surface area contributed by atoms with Crippen molar-refractivity contribution < 1.29 is 59.8 Å². The maximum Gasteiger partial charge on any atom is 0.166 e. The number of phenols is 8. The quantitative estimate of drug-likeness (QED) is 0.0252. The van der Waals surface area contributed by atoms with Crippen molar-refractivity contribution in [3.63, 3.8) is 0 Å². The van der Waals surface area contributed by atoms with Gasteiger partial charge in [-0.3, -0.25) is 0 Å². The number of methoxy groups -OCH3 is 4. The van der Waals surface area contributed by atoms with Gasteiger partial charge in [0.2, 0.25) is 0 Å². The molecular weight excluding hydrogens is 1380 g/mol. The Morgan fingerprint density at radius 1 is 0.297 bits per heavy atom. The summed E-state index contributed by atoms with van der Waals surface area (Å²) in [4.78, 5) is 0. The van der Waals surface area contributed by atoms with Crippen molar-refractivity contribution in [1.82, 2.24) is 0 Å². The zero-order chi connectivity index (χ0) is 81.6. The number of benzene rings is 10. The van der Waals surface area contributed by atoms with E-state index in [1.807, 2.05) is 183 Å². The SMILES string of the molecule is C/C=C/c1cc(OC)c(O)c(-c2cc(/C=C/C)c(C)c(OC)c2O)c1.C/C=C/c1ccc(O)c(-c2cc(/C=C/C)c(C)cc2O)c1.C=CCc1cc(OC)c(O)c(-c2cc(CC=C)c(C)c(OC)c2O)c1.C=CCc1ccc(O)c(-c2cc(CC=C)c(C)cc2O)c1.C=CCc1cccc(-c2ccc(C)c(CC=C)c2)c1. The lowest BCUT2D eigenvalue weighted by Crippen LogP contribution is -1.97. The van der Waals surface area contributed by atoms with Crippen LogP contribution in [0.5, 0.6) is 69.0 Å². The maximum absolute atomic E-state index is 10.7. The van der Waals surface area contributed by atoms with Crippen LogP contribution in [0.15, 0.2) is 240 Å². The molecule has 0 saturated heterocycles. The van der Waals surface area contributed by atoms with Gasteiger partial charge in [-0.05, 0) is 275 Å². The van der Waals surface area contributed by atoms with Gasteiger partial charge in [0.15, 0.2) is 46.0 Å². The van der Waals surface area contributed by atoms with Crippen molar-refractivity contribution in [2.75, 3.05) is 28.4 Å². The van der Waals surface area contributed by atoms with E-state index in [2.05, 4.69) is 88.9 Å². The number of rotatable bonds is 25. The highest BCUT2D eigenvalue weighted by Crippen LogP contribution is 2.50. The van der Waals surface area contributed by atoms with Crippen LogP contribution in [-0.4, -0.2) is 69.3 Å². The van der Waals surface area contributed by atoms with E-state index >= 15 is 0 Å². The average molecular weight is 1490 g/mol. The average Bonchev–Trinajstić information content (AvgIpc) is 0.783. The van der Waals surface area contributed by atoms with Crippen LogP contribution in [0.3, 0.4) is 0 Å². The Morgan fingerprint density at radius 2 is 0.721 bits per heavy atom. The molecule has 12 heteroatoms. The predicted octanol–water partition coefficient (Wildman–Crippen LogP) is 24.5. The lowest BCUT2D eigenvalue weighted by molar-refractivity contribution is 0.369. The van der Waals surface area contributed by atoms with Crippen LogP contribution in [0.2, 0.25) is 0 Å². The minimum Gasteiger partial charge on any atom is -0.507 e. The van der Waals surface area contributed by atoms with Crippen molar-refractivity contribution in [2.45, 2.75) is 101 Å². The van der Waals surface area contributed by atoms with Crippen molar-refractivity contribution >= 4 is 24.3 Å². The number of phenolic OH excluding ortho intramolecular Hbond substituents is 8. The van der Waals surface area contributed by atoms with Gasteiger partial charge in [0.25, 0.3) is 0 Å². The van der Waals surface area contributed by atoms with E-state index in [1.54, 1.807) is 54.6 Å². The zero-order valence-corrected chi connectivity index (χ0v) is 66.6. The van der Waals surface area contributed by atoms with Crippen LogP contribution in [0.25, 0.3) is 79.9 Å². The van der Waals surface area contributed by atoms with E-state index in [-0.39, 0.29) is 46.0 Å². The molecule has 0 aliphatic rings. The molecule has 0 heterocycles. The van der Waals surface area contributed by atoms with E-state index in [0.29, 0.717) is 80.3 Å². The first-order chi connectivity index (χ1) is 53.3. The fourth-order valence-electron chi connectivity index (χ4n) is 12.8. The minimum atomic E-state index is -0.0268. The summed E-state index contributed by atoms with van der Waals surface area (Å²) in [7, 11) is 6.02. The minimum absolute atomic E-state index is 0.0109. The topological polar surface area (TPSA) is 199 Å². The zero-order valence-electron chi connectivity index (χ0n) is 66.6. The molecule has 8 N–H and O–H groups in total. The Kier molecular flexibility index (Phi) is 33.5. The standard InChI is InChI=1S/2C21H24O4.2C19H20O2.C19H20/c2*1-6-8-14-10-16(19(22)18(11-14)24-4)17-12-15(9-7-2)13(3)21(25-5)20(17)23;2*1-4-6-14-8-9-18(20)16(11-14)17-12-15(7-5-2)13(3)10-19(17)21;1-4-7-16-9-6-10-18(13-16)19-12-11-15(3)17(14-19)8-5-2/h6-12,22-23H,1-5H3;6-7,10-12,22-23H,1-2,8-9H2,3-5H3;4-12,20-21H,1-3H3;4-5,8-12,20-21H,1-2,6-7H2,3H3;4-6,9-14H,1-2,7-8H2,3H3/b8-6+,9-7+;;6-4+,7-5+;;. The Balaban J connectivity index is 0.000000217. The molecule has 0 saturated carbocycles. The van der Waals surface area contributed by atoms with Gasteiger partial charge in [-0.2, -0.15) is 0 Å². The highest BCUT2D eigenvalue weighted by molar-refractivity contribution is 5.86. The number of hydrogen-bond acceptors (Lipinski definition) is 12. The molecule has 576 valence electrons. The highest BCUT2D eigenvalue weighted by Gasteiger charge is 2.24. The summed E-state index contributed by atoms with van der Waals surface area (Å²) in [5.41, 5.74) is 22.5. The third-order valence-corrected chi connectivity index (χ3v) is 18.6. The van der Waals surface area contributed by atoms with Gasteiger partial charge >= 0.3 is 0 Å². The number of allylic oxidation sites excluding steroid dienone is 10. The largest absolute Gasteiger partial charge is 0.507 e. The molecule has 10 rings (SSSR count). The monoisotopic (exact) mass is 1490 g/mol. The molecule has 0 unspecified atom stereocenters. The van der Waals surface area contributed by atoms with Crippen molar-refractivity contribution in [3.05, 3.63) is 323 Å². The highest BCUT2D eigenvalue weighted by atomic mass is 16.5. The molecule has 0 amide bonds. The molecule has 0 aromatic heterocycles. The normalized spacial score (nSPS) is 10.8. The van der Waals surface area contributed by atoms with Gasteiger partial charge in [-0.25, -0.2) is 0 Å². The molecule has 10 aromatic rings. The van der Waals surface area contributed by atoms with E-state index in [9.17, 15) is 40.9 Å². The Labute approximate surface area is 657 Å². The van der Waals surface area contributed by atoms with Gasteiger partial charge in [0.1, 0.15) is 23.0 Å². The Bertz CT molecular complexity index is 5090. The van der Waals surface area contributed by atoms with Crippen molar-refractivity contribution in [3.8, 4) is 125 Å². The summed E-state index contributed by atoms with van der Waals surface area (Å²) in [5, 5.41) is 83.3. The van der Waals surface area contributed by atoms with Crippen LogP contribution < -0.4 is 18.9 Å². The molecule has 0 spiro atoms. The second-order valence-corrected chi connectivity index (χ2v) is 26.4. The van der Waals surface area contributed by atoms with Crippen molar-refractivity contribution in [1.29, 1.82) is 0 Å². The molecule has 12 nitrogen and oxygen atoms in total. The lowest BCUT2D eigenvalue weighted by Gasteiger charge is -2.18. The van der Waals surface area contributed by atoms with Crippen LogP contribution in [0.4, 0.5) is 0 Å². The summed E-state index contributed by atoms with van der Waals surface area (Å²) < 4.78 is 21.3. The molecule has 111 heavy (non-hydrogen) atoms. The van der Waals surface area contributed by atoms with Crippen LogP contribution >= 0.6 is 0 Å². The molecule has 0 radical (unpaired) electrons. The first kappa shape index (κ1) is 87.1. The Hall–Kier alpha value is -12.8. The van der Waals surface area contributed by atoms with E-state index in [1.165, 1.54) is 56.3 Å². The second-order valence-electron chi connectivity index (χ2n) is 26.4. The van der Waals surface area contributed by atoms with Crippen LogP contribution in [0.1, 0.15) is 111 Å². The maximum atomic E-state index is 10.7. The van der Waals surface area contributed by atoms with Crippen molar-refractivity contribution in [2.24, 2.45) is 0 Å². The fourth-order valence-corrected chi connectivity index (χ4v) is 12.8. The van der Waals surface area contributed by atoms with Gasteiger partial charge < -0.3 is 59.8 Å². The molecule has 10 aromatic carbocycles. The number of aryl methyl sites for hydroxylation is 3. The smallest absolute Gasteiger partial charge is 0.166 e. The number of aromatic hydroxyl groups is 8. The fraction of sp³-hybridized carbons (Fsp3) is 0.192. The summed E-state index contributed by atoms with van der Waals surface area (Å²) in [6.45, 7) is 40.2. The second kappa shape index (κ2) is 42.7. The van der Waals surface area contributed by atoms with Crippen LogP contribution in [-0.2, 0) is 38.5 Å². The third-order valence-electron chi connectivity index (χ3n) is 18.6. The summed E-state index contributed by atoms with van der Waals surface area (Å²) >= 11 is 0. The summed E-state index contributed by atoms with van der Waals surface area (Å²) in [6, 6.07) is 44.2. The van der Waals surface area contributed by atoms with E-state index < -0.39 is 0 Å².